The van der Waals surface area contributed by atoms with Crippen LogP contribution in [0.15, 0.2) is 12.4 Å². The van der Waals surface area contributed by atoms with E-state index in [9.17, 15) is 0 Å². The molecule has 0 aliphatic carbocycles. The molecule has 0 aromatic carbocycles. The lowest BCUT2D eigenvalue weighted by Gasteiger charge is -2.07. The van der Waals surface area contributed by atoms with Crippen LogP contribution in [0.2, 0.25) is 10.0 Å². The van der Waals surface area contributed by atoms with Gasteiger partial charge in [0.1, 0.15) is 0 Å². The lowest BCUT2D eigenvalue weighted by molar-refractivity contribution is 0.325. The third-order valence-corrected chi connectivity index (χ3v) is 1.94. The molecule has 0 radical (unpaired) electrons. The van der Waals surface area contributed by atoms with Gasteiger partial charge in [0.2, 0.25) is 5.90 Å². The Balaban J connectivity index is 3.05. The Morgan fingerprint density at radius 2 is 2.00 bits per heavy atom. The van der Waals surface area contributed by atoms with Gasteiger partial charge in [0, 0.05) is 12.4 Å². The number of hydrogen-bond donors (Lipinski definition) is 1. The van der Waals surface area contributed by atoms with E-state index in [0.717, 1.165) is 0 Å². The maximum atomic E-state index is 7.49. The summed E-state index contributed by atoms with van der Waals surface area (Å²) in [5, 5.41) is 8.14. The highest BCUT2D eigenvalue weighted by molar-refractivity contribution is 6.39. The Bertz CT molecular complexity index is 308. The zero-order chi connectivity index (χ0) is 9.84. The normalized spacial score (nSPS) is 9.77. The van der Waals surface area contributed by atoms with E-state index in [1.165, 1.54) is 12.4 Å². The lowest BCUT2D eigenvalue weighted by atomic mass is 10.2. The number of ether oxygens (including phenoxy) is 1. The van der Waals surface area contributed by atoms with Crippen LogP contribution >= 0.6 is 23.2 Å². The molecule has 1 heterocycles. The number of rotatable bonds is 2. The summed E-state index contributed by atoms with van der Waals surface area (Å²) in [5.74, 6) is -0.0279. The van der Waals surface area contributed by atoms with Crippen LogP contribution in [0.5, 0.6) is 0 Å². The fourth-order valence-corrected chi connectivity index (χ4v) is 1.38. The molecule has 0 fully saturated rings. The SMILES string of the molecule is CCOC(=N)c1c(Cl)cncc1Cl. The lowest BCUT2D eigenvalue weighted by Crippen LogP contribution is -2.06. The van der Waals surface area contributed by atoms with Crippen LogP contribution in [-0.4, -0.2) is 17.5 Å². The smallest absolute Gasteiger partial charge is 0.216 e. The van der Waals surface area contributed by atoms with Gasteiger partial charge in [-0.15, -0.1) is 0 Å². The van der Waals surface area contributed by atoms with Gasteiger partial charge in [0.15, 0.2) is 0 Å². The summed E-state index contributed by atoms with van der Waals surface area (Å²) >= 11 is 11.6. The average molecular weight is 219 g/mol. The highest BCUT2D eigenvalue weighted by Crippen LogP contribution is 2.23. The Kier molecular flexibility index (Phi) is 3.51. The zero-order valence-corrected chi connectivity index (χ0v) is 8.49. The standard InChI is InChI=1S/C8H8Cl2N2O/c1-2-13-8(11)7-5(9)3-12-4-6(7)10/h3-4,11H,2H2,1H3. The molecular formula is C8H8Cl2N2O. The minimum absolute atomic E-state index is 0.0279. The molecule has 13 heavy (non-hydrogen) atoms. The highest BCUT2D eigenvalue weighted by Gasteiger charge is 2.12. The van der Waals surface area contributed by atoms with Crippen molar-refractivity contribution in [3.63, 3.8) is 0 Å². The number of halogens is 2. The van der Waals surface area contributed by atoms with Gasteiger partial charge in [-0.1, -0.05) is 23.2 Å². The Hall–Kier alpha value is -0.800. The molecule has 0 spiro atoms. The minimum Gasteiger partial charge on any atom is -0.478 e. The molecular weight excluding hydrogens is 211 g/mol. The summed E-state index contributed by atoms with van der Waals surface area (Å²) in [6.07, 6.45) is 2.85. The number of aromatic nitrogens is 1. The van der Waals surface area contributed by atoms with Crippen molar-refractivity contribution >= 4 is 29.1 Å². The molecule has 5 heteroatoms. The molecule has 0 aliphatic rings. The summed E-state index contributed by atoms with van der Waals surface area (Å²) in [4.78, 5) is 3.77. The van der Waals surface area contributed by atoms with Crippen molar-refractivity contribution in [2.24, 2.45) is 0 Å². The summed E-state index contributed by atoms with van der Waals surface area (Å²) in [6.45, 7) is 2.20. The van der Waals surface area contributed by atoms with Crippen molar-refractivity contribution in [3.8, 4) is 0 Å². The van der Waals surface area contributed by atoms with Gasteiger partial charge >= 0.3 is 0 Å². The van der Waals surface area contributed by atoms with Crippen molar-refractivity contribution < 1.29 is 4.74 Å². The van der Waals surface area contributed by atoms with Gasteiger partial charge in [0.25, 0.3) is 0 Å². The van der Waals surface area contributed by atoms with Crippen LogP contribution in [0.3, 0.4) is 0 Å². The maximum Gasteiger partial charge on any atom is 0.216 e. The maximum absolute atomic E-state index is 7.49. The molecule has 0 amide bonds. The zero-order valence-electron chi connectivity index (χ0n) is 6.97. The molecule has 0 unspecified atom stereocenters. The Morgan fingerprint density at radius 1 is 1.46 bits per heavy atom. The van der Waals surface area contributed by atoms with Crippen molar-refractivity contribution in [3.05, 3.63) is 28.0 Å². The van der Waals surface area contributed by atoms with Crippen molar-refractivity contribution in [2.75, 3.05) is 6.61 Å². The number of pyridine rings is 1. The molecule has 3 nitrogen and oxygen atoms in total. The van der Waals surface area contributed by atoms with Crippen LogP contribution in [0.1, 0.15) is 12.5 Å². The molecule has 0 atom stereocenters. The molecule has 0 bridgehead atoms. The first-order valence-corrected chi connectivity index (χ1v) is 4.43. The van der Waals surface area contributed by atoms with E-state index in [1.54, 1.807) is 6.92 Å². The third-order valence-electron chi connectivity index (χ3n) is 1.37. The van der Waals surface area contributed by atoms with E-state index in [-0.39, 0.29) is 5.90 Å². The number of nitrogens with zero attached hydrogens (tertiary/aromatic N) is 1. The van der Waals surface area contributed by atoms with Crippen LogP contribution in [-0.2, 0) is 4.74 Å². The van der Waals surface area contributed by atoms with E-state index in [1.807, 2.05) is 0 Å². The largest absolute Gasteiger partial charge is 0.478 e. The van der Waals surface area contributed by atoms with Crippen LogP contribution in [0.4, 0.5) is 0 Å². The summed E-state index contributed by atoms with van der Waals surface area (Å²) in [7, 11) is 0. The predicted octanol–water partition coefficient (Wildman–Crippen LogP) is 2.75. The van der Waals surface area contributed by atoms with Gasteiger partial charge in [-0.05, 0) is 6.92 Å². The second-order valence-electron chi connectivity index (χ2n) is 2.24. The molecule has 1 aromatic heterocycles. The number of nitrogens with one attached hydrogen (secondary N) is 1. The Morgan fingerprint density at radius 3 is 2.46 bits per heavy atom. The predicted molar refractivity (Wildman–Crippen MR) is 52.7 cm³/mol. The van der Waals surface area contributed by atoms with Gasteiger partial charge < -0.3 is 4.74 Å². The van der Waals surface area contributed by atoms with Crippen LogP contribution < -0.4 is 0 Å². The van der Waals surface area contributed by atoms with Crippen molar-refractivity contribution in [1.29, 1.82) is 5.41 Å². The van der Waals surface area contributed by atoms with Crippen molar-refractivity contribution in [2.45, 2.75) is 6.92 Å². The Labute approximate surface area is 86.2 Å². The van der Waals surface area contributed by atoms with E-state index in [2.05, 4.69) is 4.98 Å². The summed E-state index contributed by atoms with van der Waals surface area (Å²) in [6, 6.07) is 0. The fourth-order valence-electron chi connectivity index (χ4n) is 0.845. The second kappa shape index (κ2) is 4.44. The molecule has 0 aliphatic heterocycles. The van der Waals surface area contributed by atoms with Gasteiger partial charge in [-0.25, -0.2) is 0 Å². The molecule has 1 rings (SSSR count). The quantitative estimate of drug-likeness (QED) is 0.613. The average Bonchev–Trinajstić information content (AvgIpc) is 2.04. The summed E-state index contributed by atoms with van der Waals surface area (Å²) < 4.78 is 4.98. The molecule has 0 saturated heterocycles. The van der Waals surface area contributed by atoms with E-state index >= 15 is 0 Å². The molecule has 1 N–H and O–H groups in total. The number of hydrogen-bond acceptors (Lipinski definition) is 3. The van der Waals surface area contributed by atoms with Crippen molar-refractivity contribution in [1.82, 2.24) is 4.98 Å². The molecule has 0 saturated carbocycles. The van der Waals surface area contributed by atoms with Gasteiger partial charge in [0.05, 0.1) is 22.2 Å². The van der Waals surface area contributed by atoms with Crippen LogP contribution in [0.25, 0.3) is 0 Å². The van der Waals surface area contributed by atoms with Crippen LogP contribution in [0, 0.1) is 5.41 Å². The minimum atomic E-state index is -0.0279. The topological polar surface area (TPSA) is 46.0 Å². The summed E-state index contributed by atoms with van der Waals surface area (Å²) in [5.41, 5.74) is 0.389. The first-order valence-electron chi connectivity index (χ1n) is 3.67. The highest BCUT2D eigenvalue weighted by atomic mass is 35.5. The van der Waals surface area contributed by atoms with E-state index in [0.29, 0.717) is 22.2 Å². The first-order chi connectivity index (χ1) is 6.16. The van der Waals surface area contributed by atoms with E-state index in [4.69, 9.17) is 33.3 Å². The monoisotopic (exact) mass is 218 g/mol. The van der Waals surface area contributed by atoms with Gasteiger partial charge in [-0.2, -0.15) is 0 Å². The van der Waals surface area contributed by atoms with Gasteiger partial charge in [-0.3, -0.25) is 10.4 Å². The van der Waals surface area contributed by atoms with E-state index < -0.39 is 0 Å². The third kappa shape index (κ3) is 2.32. The fraction of sp³-hybridized carbons (Fsp3) is 0.250. The molecule has 70 valence electrons. The first kappa shape index (κ1) is 10.3. The molecule has 1 aromatic rings. The second-order valence-corrected chi connectivity index (χ2v) is 3.05.